The third-order valence-corrected chi connectivity index (χ3v) is 2.45. The molecule has 1 rings (SSSR count). The molecule has 106 valence electrons. The molecule has 0 fully saturated rings. The number of carbonyl (C=O) groups excluding carboxylic acids is 1. The summed E-state index contributed by atoms with van der Waals surface area (Å²) in [7, 11) is 1.55. The van der Waals surface area contributed by atoms with E-state index in [2.05, 4.69) is 5.32 Å². The van der Waals surface area contributed by atoms with E-state index in [1.165, 1.54) is 12.1 Å². The van der Waals surface area contributed by atoms with Crippen molar-refractivity contribution in [2.24, 2.45) is 5.73 Å². The van der Waals surface area contributed by atoms with Gasteiger partial charge in [-0.2, -0.15) is 0 Å². The average molecular weight is 270 g/mol. The van der Waals surface area contributed by atoms with Crippen molar-refractivity contribution in [2.45, 2.75) is 13.0 Å². The number of carbonyl (C=O) groups is 1. The molecule has 0 aliphatic heterocycles. The van der Waals surface area contributed by atoms with Crippen LogP contribution in [0.25, 0.3) is 0 Å². The molecule has 0 bridgehead atoms. The minimum absolute atomic E-state index is 0.188. The molecule has 0 saturated heterocycles. The van der Waals surface area contributed by atoms with E-state index in [1.807, 2.05) is 0 Å². The fourth-order valence-corrected chi connectivity index (χ4v) is 1.50. The second-order valence-electron chi connectivity index (χ2n) is 4.10. The van der Waals surface area contributed by atoms with Gasteiger partial charge < -0.3 is 20.5 Å². The fourth-order valence-electron chi connectivity index (χ4n) is 1.50. The summed E-state index contributed by atoms with van der Waals surface area (Å²) < 4.78 is 23.2. The Balaban J connectivity index is 2.56. The maximum atomic E-state index is 13.1. The van der Waals surface area contributed by atoms with E-state index in [0.717, 1.165) is 0 Å². The number of halogens is 1. The second kappa shape index (κ2) is 7.70. The Morgan fingerprint density at radius 1 is 1.53 bits per heavy atom. The zero-order chi connectivity index (χ0) is 14.3. The Bertz CT molecular complexity index is 424. The van der Waals surface area contributed by atoms with Crippen LogP contribution < -0.4 is 15.8 Å². The van der Waals surface area contributed by atoms with Crippen LogP contribution in [0.15, 0.2) is 18.2 Å². The molecule has 0 spiro atoms. The maximum Gasteiger partial charge on any atom is 0.258 e. The van der Waals surface area contributed by atoms with Crippen molar-refractivity contribution in [3.8, 4) is 5.75 Å². The Morgan fingerprint density at radius 2 is 2.26 bits per heavy atom. The van der Waals surface area contributed by atoms with Gasteiger partial charge in [0.2, 0.25) is 0 Å². The number of benzene rings is 1. The van der Waals surface area contributed by atoms with Gasteiger partial charge in [0.15, 0.2) is 6.61 Å². The number of hydrogen-bond acceptors (Lipinski definition) is 4. The molecule has 6 heteroatoms. The van der Waals surface area contributed by atoms with Gasteiger partial charge in [0.05, 0.1) is 6.61 Å². The number of nitrogens with two attached hydrogens (primary N) is 1. The molecule has 1 atom stereocenters. The van der Waals surface area contributed by atoms with Crippen LogP contribution in [0.3, 0.4) is 0 Å². The van der Waals surface area contributed by atoms with Crippen molar-refractivity contribution >= 4 is 5.91 Å². The molecule has 5 nitrogen and oxygen atoms in total. The van der Waals surface area contributed by atoms with Crippen molar-refractivity contribution in [2.75, 3.05) is 26.9 Å². The van der Waals surface area contributed by atoms with E-state index in [4.69, 9.17) is 15.2 Å². The van der Waals surface area contributed by atoms with E-state index >= 15 is 0 Å². The van der Waals surface area contributed by atoms with Crippen molar-refractivity contribution in [3.63, 3.8) is 0 Å². The first-order valence-corrected chi connectivity index (χ1v) is 5.98. The Labute approximate surface area is 111 Å². The predicted molar refractivity (Wildman–Crippen MR) is 69.4 cm³/mol. The molecule has 1 amide bonds. The lowest BCUT2D eigenvalue weighted by Gasteiger charge is -2.14. The number of amides is 1. The summed E-state index contributed by atoms with van der Waals surface area (Å²) in [5.74, 6) is -0.437. The summed E-state index contributed by atoms with van der Waals surface area (Å²) in [6.45, 7) is 2.41. The van der Waals surface area contributed by atoms with Gasteiger partial charge in [0, 0.05) is 31.3 Å². The van der Waals surface area contributed by atoms with E-state index < -0.39 is 5.82 Å². The van der Waals surface area contributed by atoms with Crippen molar-refractivity contribution in [3.05, 3.63) is 29.6 Å². The van der Waals surface area contributed by atoms with Gasteiger partial charge in [-0.25, -0.2) is 4.39 Å². The lowest BCUT2D eigenvalue weighted by Crippen LogP contribution is -2.31. The minimum atomic E-state index is -0.431. The smallest absolute Gasteiger partial charge is 0.258 e. The summed E-state index contributed by atoms with van der Waals surface area (Å²) in [5.41, 5.74) is 6.41. The Morgan fingerprint density at radius 3 is 2.89 bits per heavy atom. The van der Waals surface area contributed by atoms with Crippen LogP contribution >= 0.6 is 0 Å². The summed E-state index contributed by atoms with van der Waals surface area (Å²) in [4.78, 5) is 11.4. The predicted octanol–water partition coefficient (Wildman–Crippen LogP) is 0.987. The first-order valence-electron chi connectivity index (χ1n) is 5.98. The molecule has 0 radical (unpaired) electrons. The van der Waals surface area contributed by atoms with Gasteiger partial charge in [-0.05, 0) is 13.0 Å². The first kappa shape index (κ1) is 15.4. The monoisotopic (exact) mass is 270 g/mol. The normalized spacial score (nSPS) is 12.0. The highest BCUT2D eigenvalue weighted by Crippen LogP contribution is 2.24. The minimum Gasteiger partial charge on any atom is -0.483 e. The Kier molecular flexibility index (Phi) is 6.24. The summed E-state index contributed by atoms with van der Waals surface area (Å²) in [6, 6.07) is 3.79. The standard InChI is InChI=1S/C13H19FN2O3/c1-9(15)11-4-3-10(14)7-12(11)19-8-13(17)16-5-6-18-2/h3-4,7,9H,5-6,8,15H2,1-2H3,(H,16,17)/t9-/m0/s1. The summed E-state index contributed by atoms with van der Waals surface area (Å²) in [6.07, 6.45) is 0. The molecule has 0 aliphatic rings. The van der Waals surface area contributed by atoms with Gasteiger partial charge in [-0.3, -0.25) is 4.79 Å². The molecule has 1 aromatic rings. The van der Waals surface area contributed by atoms with Crippen LogP contribution in [0.5, 0.6) is 5.75 Å². The van der Waals surface area contributed by atoms with Crippen molar-refractivity contribution in [1.82, 2.24) is 5.32 Å². The number of nitrogens with one attached hydrogen (secondary N) is 1. The molecule has 19 heavy (non-hydrogen) atoms. The number of ether oxygens (including phenoxy) is 2. The van der Waals surface area contributed by atoms with Crippen LogP contribution in [0.2, 0.25) is 0 Å². The number of methoxy groups -OCH3 is 1. The number of hydrogen-bond donors (Lipinski definition) is 2. The fraction of sp³-hybridized carbons (Fsp3) is 0.462. The quantitative estimate of drug-likeness (QED) is 0.725. The molecule has 0 unspecified atom stereocenters. The summed E-state index contributed by atoms with van der Waals surface area (Å²) >= 11 is 0. The van der Waals surface area contributed by atoms with Gasteiger partial charge >= 0.3 is 0 Å². The molecular formula is C13H19FN2O3. The third kappa shape index (κ3) is 5.23. The van der Waals surface area contributed by atoms with E-state index in [0.29, 0.717) is 18.7 Å². The topological polar surface area (TPSA) is 73.6 Å². The van der Waals surface area contributed by atoms with Crippen LogP contribution in [0.4, 0.5) is 4.39 Å². The molecule has 1 aromatic carbocycles. The second-order valence-corrected chi connectivity index (χ2v) is 4.10. The Hall–Kier alpha value is -1.66. The van der Waals surface area contributed by atoms with Gasteiger partial charge in [0.1, 0.15) is 11.6 Å². The molecule has 0 saturated carbocycles. The molecule has 0 aliphatic carbocycles. The van der Waals surface area contributed by atoms with Crippen molar-refractivity contribution < 1.29 is 18.7 Å². The van der Waals surface area contributed by atoms with Crippen LogP contribution in [-0.4, -0.2) is 32.8 Å². The lowest BCUT2D eigenvalue weighted by molar-refractivity contribution is -0.123. The first-order chi connectivity index (χ1) is 9.04. The molecule has 0 aromatic heterocycles. The van der Waals surface area contributed by atoms with Crippen LogP contribution in [-0.2, 0) is 9.53 Å². The van der Waals surface area contributed by atoms with Gasteiger partial charge in [0.25, 0.3) is 5.91 Å². The maximum absolute atomic E-state index is 13.1. The van der Waals surface area contributed by atoms with E-state index in [-0.39, 0.29) is 24.3 Å². The summed E-state index contributed by atoms with van der Waals surface area (Å²) in [5, 5.41) is 2.60. The van der Waals surface area contributed by atoms with E-state index in [1.54, 1.807) is 20.1 Å². The highest BCUT2D eigenvalue weighted by atomic mass is 19.1. The van der Waals surface area contributed by atoms with Crippen molar-refractivity contribution in [1.29, 1.82) is 0 Å². The SMILES string of the molecule is COCCNC(=O)COc1cc(F)ccc1[C@H](C)N. The molecular weight excluding hydrogens is 251 g/mol. The highest BCUT2D eigenvalue weighted by Gasteiger charge is 2.11. The van der Waals surface area contributed by atoms with Gasteiger partial charge in [-0.15, -0.1) is 0 Å². The molecule has 0 heterocycles. The van der Waals surface area contributed by atoms with E-state index in [9.17, 15) is 9.18 Å². The largest absolute Gasteiger partial charge is 0.483 e. The molecule has 3 N–H and O–H groups in total. The highest BCUT2D eigenvalue weighted by molar-refractivity contribution is 5.77. The van der Waals surface area contributed by atoms with Gasteiger partial charge in [-0.1, -0.05) is 6.07 Å². The van der Waals surface area contributed by atoms with Crippen LogP contribution in [0.1, 0.15) is 18.5 Å². The zero-order valence-electron chi connectivity index (χ0n) is 11.1. The third-order valence-electron chi connectivity index (χ3n) is 2.45. The number of rotatable bonds is 7. The lowest BCUT2D eigenvalue weighted by atomic mass is 10.1. The average Bonchev–Trinajstić information content (AvgIpc) is 2.36. The van der Waals surface area contributed by atoms with Crippen LogP contribution in [0, 0.1) is 5.82 Å². The zero-order valence-corrected chi connectivity index (χ0v) is 11.1.